The van der Waals surface area contributed by atoms with Gasteiger partial charge in [-0.2, -0.15) is 0 Å². The van der Waals surface area contributed by atoms with Gasteiger partial charge in [-0.3, -0.25) is 0 Å². The molecule has 1 aromatic rings. The minimum atomic E-state index is -0.636. The van der Waals surface area contributed by atoms with Crippen molar-refractivity contribution in [3.05, 3.63) is 29.8 Å². The first-order valence-corrected chi connectivity index (χ1v) is 7.91. The fourth-order valence-electron chi connectivity index (χ4n) is 1.52. The second-order valence-electron chi connectivity index (χ2n) is 3.69. The number of anilines is 1. The second kappa shape index (κ2) is 6.29. The normalized spacial score (nSPS) is 16.2. The van der Waals surface area contributed by atoms with Crippen molar-refractivity contribution in [2.24, 2.45) is 0 Å². The van der Waals surface area contributed by atoms with Gasteiger partial charge in [0.15, 0.2) is 0 Å². The smallest absolute Gasteiger partial charge is 0.321 e. The molecule has 0 unspecified atom stereocenters. The van der Waals surface area contributed by atoms with Gasteiger partial charge in [0.25, 0.3) is 0 Å². The van der Waals surface area contributed by atoms with Gasteiger partial charge in [-0.1, -0.05) is 21.6 Å². The largest absolute Gasteiger partial charge is 0.323 e. The first-order valence-electron chi connectivity index (χ1n) is 5.42. The Morgan fingerprint density at radius 1 is 1.22 bits per heavy atom. The van der Waals surface area contributed by atoms with Crippen molar-refractivity contribution < 1.29 is 13.6 Å². The van der Waals surface area contributed by atoms with Crippen LogP contribution in [0.5, 0.6) is 0 Å². The molecule has 1 fully saturated rings. The molecular formula is C11H12F2N2OS2. The number of halogens is 2. The fourth-order valence-corrected chi connectivity index (χ4v) is 3.50. The van der Waals surface area contributed by atoms with Gasteiger partial charge in [0.1, 0.15) is 11.6 Å². The van der Waals surface area contributed by atoms with Gasteiger partial charge in [0.05, 0.1) is 5.69 Å². The van der Waals surface area contributed by atoms with Crippen molar-refractivity contribution in [3.8, 4) is 0 Å². The zero-order chi connectivity index (χ0) is 13.0. The standard InChI is InChI=1S/C11H12F2N2OS2/c12-8-1-2-9(13)10(7-8)14-11(16)15-3-5-17-18-6-4-15/h1-2,7H,3-6H2,(H,14,16). The number of rotatable bonds is 1. The van der Waals surface area contributed by atoms with E-state index in [1.54, 1.807) is 26.5 Å². The highest BCUT2D eigenvalue weighted by molar-refractivity contribution is 8.76. The molecule has 1 aliphatic rings. The van der Waals surface area contributed by atoms with Gasteiger partial charge in [-0.25, -0.2) is 13.6 Å². The predicted octanol–water partition coefficient (Wildman–Crippen LogP) is 3.19. The van der Waals surface area contributed by atoms with Gasteiger partial charge in [-0.15, -0.1) is 0 Å². The monoisotopic (exact) mass is 290 g/mol. The van der Waals surface area contributed by atoms with E-state index in [0.29, 0.717) is 13.1 Å². The maximum Gasteiger partial charge on any atom is 0.321 e. The van der Waals surface area contributed by atoms with Gasteiger partial charge < -0.3 is 10.2 Å². The van der Waals surface area contributed by atoms with Crippen LogP contribution in [0.2, 0.25) is 0 Å². The Morgan fingerprint density at radius 2 is 1.89 bits per heavy atom. The van der Waals surface area contributed by atoms with Crippen LogP contribution in [0.3, 0.4) is 0 Å². The predicted molar refractivity (Wildman–Crippen MR) is 71.9 cm³/mol. The lowest BCUT2D eigenvalue weighted by Gasteiger charge is -2.20. The average Bonchev–Trinajstić information content (AvgIpc) is 2.62. The summed E-state index contributed by atoms with van der Waals surface area (Å²) in [5, 5.41) is 2.40. The van der Waals surface area contributed by atoms with Crippen LogP contribution in [0, 0.1) is 11.6 Å². The SMILES string of the molecule is O=C(Nc1cc(F)ccc1F)N1CCSSCC1. The number of carbonyl (C=O) groups is 1. The Labute approximate surface area is 112 Å². The number of amides is 2. The molecular weight excluding hydrogens is 278 g/mol. The minimum Gasteiger partial charge on any atom is -0.323 e. The number of nitrogens with one attached hydrogen (secondary N) is 1. The highest BCUT2D eigenvalue weighted by atomic mass is 33.1. The van der Waals surface area contributed by atoms with E-state index in [1.165, 1.54) is 0 Å². The first-order chi connectivity index (χ1) is 8.66. The van der Waals surface area contributed by atoms with Crippen LogP contribution in [-0.2, 0) is 0 Å². The molecule has 0 aromatic heterocycles. The molecule has 3 nitrogen and oxygen atoms in total. The number of carbonyl (C=O) groups excluding carboxylic acids is 1. The summed E-state index contributed by atoms with van der Waals surface area (Å²) in [6, 6.07) is 2.61. The third-order valence-electron chi connectivity index (χ3n) is 2.43. The van der Waals surface area contributed by atoms with Crippen LogP contribution in [-0.4, -0.2) is 35.5 Å². The number of urea groups is 1. The van der Waals surface area contributed by atoms with Crippen LogP contribution < -0.4 is 5.32 Å². The molecule has 98 valence electrons. The highest BCUT2D eigenvalue weighted by Crippen LogP contribution is 2.24. The van der Waals surface area contributed by atoms with Gasteiger partial charge >= 0.3 is 6.03 Å². The highest BCUT2D eigenvalue weighted by Gasteiger charge is 2.17. The molecule has 0 bridgehead atoms. The van der Waals surface area contributed by atoms with Gasteiger partial charge in [-0.05, 0) is 12.1 Å². The summed E-state index contributed by atoms with van der Waals surface area (Å²) >= 11 is 0. The fraction of sp³-hybridized carbons (Fsp3) is 0.364. The van der Waals surface area contributed by atoms with Crippen molar-refractivity contribution in [1.82, 2.24) is 4.90 Å². The summed E-state index contributed by atoms with van der Waals surface area (Å²) in [4.78, 5) is 13.5. The molecule has 7 heteroatoms. The number of hydrogen-bond donors (Lipinski definition) is 1. The Bertz CT molecular complexity index is 437. The Morgan fingerprint density at radius 3 is 2.56 bits per heavy atom. The molecule has 1 N–H and O–H groups in total. The summed E-state index contributed by atoms with van der Waals surface area (Å²) < 4.78 is 26.3. The molecule has 0 atom stereocenters. The molecule has 1 aromatic carbocycles. The van der Waals surface area contributed by atoms with Crippen molar-refractivity contribution in [1.29, 1.82) is 0 Å². The summed E-state index contributed by atoms with van der Waals surface area (Å²) in [6.45, 7) is 1.22. The summed E-state index contributed by atoms with van der Waals surface area (Å²) in [7, 11) is 3.42. The average molecular weight is 290 g/mol. The maximum absolute atomic E-state index is 13.4. The van der Waals surface area contributed by atoms with Gasteiger partial charge in [0, 0.05) is 30.7 Å². The number of benzene rings is 1. The van der Waals surface area contributed by atoms with E-state index in [4.69, 9.17) is 0 Å². The van der Waals surface area contributed by atoms with Crippen molar-refractivity contribution in [3.63, 3.8) is 0 Å². The van der Waals surface area contributed by atoms with Crippen LogP contribution in [0.25, 0.3) is 0 Å². The molecule has 1 saturated heterocycles. The lowest BCUT2D eigenvalue weighted by molar-refractivity contribution is 0.218. The van der Waals surface area contributed by atoms with E-state index < -0.39 is 11.6 Å². The van der Waals surface area contributed by atoms with Crippen molar-refractivity contribution >= 4 is 33.3 Å². The quantitative estimate of drug-likeness (QED) is 0.806. The number of nitrogens with zero attached hydrogens (tertiary/aromatic N) is 1. The molecule has 0 spiro atoms. The van der Waals surface area contributed by atoms with E-state index in [1.807, 2.05) is 0 Å². The molecule has 0 aliphatic carbocycles. The van der Waals surface area contributed by atoms with E-state index in [-0.39, 0.29) is 11.7 Å². The summed E-state index contributed by atoms with van der Waals surface area (Å²) in [6.07, 6.45) is 0. The van der Waals surface area contributed by atoms with E-state index >= 15 is 0 Å². The molecule has 18 heavy (non-hydrogen) atoms. The third-order valence-corrected chi connectivity index (χ3v) is 4.79. The minimum absolute atomic E-state index is 0.121. The van der Waals surface area contributed by atoms with E-state index in [0.717, 1.165) is 29.7 Å². The topological polar surface area (TPSA) is 32.3 Å². The Balaban J connectivity index is 2.03. The summed E-state index contributed by atoms with van der Waals surface area (Å²) in [5.74, 6) is 0.463. The Hall–Kier alpha value is -0.950. The van der Waals surface area contributed by atoms with E-state index in [9.17, 15) is 13.6 Å². The number of hydrogen-bond acceptors (Lipinski definition) is 3. The molecule has 0 radical (unpaired) electrons. The third kappa shape index (κ3) is 3.52. The first kappa shape index (κ1) is 13.5. The molecule has 0 saturated carbocycles. The van der Waals surface area contributed by atoms with Crippen LogP contribution in [0.4, 0.5) is 19.3 Å². The lowest BCUT2D eigenvalue weighted by Crippen LogP contribution is -2.37. The summed E-state index contributed by atoms with van der Waals surface area (Å²) in [5.41, 5.74) is -0.121. The molecule has 1 aliphatic heterocycles. The zero-order valence-electron chi connectivity index (χ0n) is 9.49. The molecule has 1 heterocycles. The van der Waals surface area contributed by atoms with Crippen LogP contribution in [0.15, 0.2) is 18.2 Å². The van der Waals surface area contributed by atoms with Crippen molar-refractivity contribution in [2.75, 3.05) is 29.9 Å². The lowest BCUT2D eigenvalue weighted by atomic mass is 10.3. The second-order valence-corrected chi connectivity index (χ2v) is 6.39. The van der Waals surface area contributed by atoms with Crippen LogP contribution in [0.1, 0.15) is 0 Å². The van der Waals surface area contributed by atoms with E-state index in [2.05, 4.69) is 5.32 Å². The maximum atomic E-state index is 13.4. The van der Waals surface area contributed by atoms with Crippen LogP contribution >= 0.6 is 21.6 Å². The van der Waals surface area contributed by atoms with Gasteiger partial charge in [0.2, 0.25) is 0 Å². The van der Waals surface area contributed by atoms with Crippen molar-refractivity contribution in [2.45, 2.75) is 0 Å². The molecule has 2 amide bonds. The molecule has 2 rings (SSSR count). The Kier molecular flexibility index (Phi) is 4.71. The zero-order valence-corrected chi connectivity index (χ0v) is 11.1.